The molecule has 2 aromatic rings. The second-order valence-electron chi connectivity index (χ2n) is 7.71. The summed E-state index contributed by atoms with van der Waals surface area (Å²) in [5, 5.41) is 5.96. The van der Waals surface area contributed by atoms with Gasteiger partial charge in [0.1, 0.15) is 18.5 Å². The molecule has 1 N–H and O–H groups in total. The largest absolute Gasteiger partial charge is 0.334 e. The number of carbonyl (C=O) groups excluding carboxylic acids is 3. The molecule has 0 unspecified atom stereocenters. The van der Waals surface area contributed by atoms with Gasteiger partial charge in [0.2, 0.25) is 11.8 Å². The van der Waals surface area contributed by atoms with Gasteiger partial charge in [0, 0.05) is 20.1 Å². The average Bonchev–Trinajstić information content (AvgIpc) is 2.76. The molecule has 4 amide bonds. The summed E-state index contributed by atoms with van der Waals surface area (Å²) in [5.41, 5.74) is 1.74. The Kier molecular flexibility index (Phi) is 5.85. The Morgan fingerprint density at radius 2 is 1.71 bits per heavy atom. The predicted molar refractivity (Wildman–Crippen MR) is 110 cm³/mol. The van der Waals surface area contributed by atoms with E-state index in [0.29, 0.717) is 6.54 Å². The molecule has 2 saturated heterocycles. The van der Waals surface area contributed by atoms with E-state index in [1.165, 1.54) is 22.0 Å². The predicted octanol–water partition coefficient (Wildman–Crippen LogP) is 1.39. The number of hydrogen-bond donors (Lipinski definition) is 1. The Morgan fingerprint density at radius 1 is 1.00 bits per heavy atom. The molecule has 0 saturated carbocycles. The van der Waals surface area contributed by atoms with E-state index in [1.807, 2.05) is 30.3 Å². The molecule has 0 aromatic heterocycles. The van der Waals surface area contributed by atoms with Gasteiger partial charge in [-0.2, -0.15) is 0 Å². The zero-order chi connectivity index (χ0) is 22.0. The third-order valence-corrected chi connectivity index (χ3v) is 5.52. The minimum Gasteiger partial charge on any atom is -0.333 e. The highest BCUT2D eigenvalue weighted by molar-refractivity contribution is 5.89. The lowest BCUT2D eigenvalue weighted by Crippen LogP contribution is -2.73. The van der Waals surface area contributed by atoms with Crippen LogP contribution in [0.15, 0.2) is 54.6 Å². The number of fused-ring (bicyclic) bond motifs is 1. The molecule has 2 aliphatic rings. The van der Waals surface area contributed by atoms with E-state index >= 15 is 0 Å². The van der Waals surface area contributed by atoms with Gasteiger partial charge in [-0.3, -0.25) is 9.59 Å². The summed E-state index contributed by atoms with van der Waals surface area (Å²) < 4.78 is 13.2. The summed E-state index contributed by atoms with van der Waals surface area (Å²) in [6, 6.07) is 15.1. The minimum absolute atomic E-state index is 0.0144. The molecule has 0 bridgehead atoms. The molecule has 2 fully saturated rings. The fourth-order valence-corrected chi connectivity index (χ4v) is 3.91. The fraction of sp³-hybridized carbons (Fsp3) is 0.318. The van der Waals surface area contributed by atoms with E-state index in [-0.39, 0.29) is 49.8 Å². The molecule has 31 heavy (non-hydrogen) atoms. The van der Waals surface area contributed by atoms with Crippen molar-refractivity contribution in [3.8, 4) is 0 Å². The van der Waals surface area contributed by atoms with Crippen molar-refractivity contribution in [3.05, 3.63) is 71.5 Å². The van der Waals surface area contributed by atoms with E-state index in [9.17, 15) is 18.8 Å². The monoisotopic (exact) mass is 425 g/mol. The van der Waals surface area contributed by atoms with Gasteiger partial charge in [0.15, 0.2) is 0 Å². The number of nitrogens with zero attached hydrogens (tertiary/aromatic N) is 4. The van der Waals surface area contributed by atoms with Crippen LogP contribution >= 0.6 is 0 Å². The third kappa shape index (κ3) is 4.51. The number of nitrogens with one attached hydrogen (secondary N) is 1. The summed E-state index contributed by atoms with van der Waals surface area (Å²) >= 11 is 0. The first-order valence-electron chi connectivity index (χ1n) is 10.1. The number of carbonyl (C=O) groups is 3. The number of likely N-dealkylation sites (N-methyl/N-ethyl adjacent to an activating group) is 1. The Hall–Kier alpha value is -3.46. The van der Waals surface area contributed by atoms with Crippen LogP contribution in [-0.2, 0) is 22.7 Å². The van der Waals surface area contributed by atoms with Crippen LogP contribution in [0, 0.1) is 5.82 Å². The molecule has 162 valence electrons. The van der Waals surface area contributed by atoms with Crippen LogP contribution in [0.2, 0.25) is 0 Å². The van der Waals surface area contributed by atoms with Crippen molar-refractivity contribution >= 4 is 17.8 Å². The van der Waals surface area contributed by atoms with Crippen LogP contribution in [0.5, 0.6) is 0 Å². The van der Waals surface area contributed by atoms with Crippen LogP contribution in [0.25, 0.3) is 0 Å². The molecular weight excluding hydrogens is 401 g/mol. The van der Waals surface area contributed by atoms with Gasteiger partial charge in [0.25, 0.3) is 0 Å². The Balaban J connectivity index is 1.50. The highest BCUT2D eigenvalue weighted by Gasteiger charge is 2.45. The van der Waals surface area contributed by atoms with Gasteiger partial charge in [-0.1, -0.05) is 42.5 Å². The summed E-state index contributed by atoms with van der Waals surface area (Å²) in [5.74, 6) is -0.752. The lowest BCUT2D eigenvalue weighted by atomic mass is 10.1. The topological polar surface area (TPSA) is 76.2 Å². The molecule has 9 heteroatoms. The molecule has 8 nitrogen and oxygen atoms in total. The maximum absolute atomic E-state index is 13.2. The molecule has 4 rings (SSSR count). The molecule has 0 spiro atoms. The van der Waals surface area contributed by atoms with Crippen LogP contribution in [-0.4, -0.2) is 70.5 Å². The summed E-state index contributed by atoms with van der Waals surface area (Å²) in [7, 11) is 1.68. The molecule has 2 aromatic carbocycles. The Bertz CT molecular complexity index is 969. The van der Waals surface area contributed by atoms with E-state index in [4.69, 9.17) is 0 Å². The number of piperazine rings is 1. The first-order chi connectivity index (χ1) is 14.9. The molecule has 0 radical (unpaired) electrons. The minimum atomic E-state index is -0.611. The van der Waals surface area contributed by atoms with Crippen molar-refractivity contribution < 1.29 is 18.8 Å². The fourth-order valence-electron chi connectivity index (χ4n) is 3.91. The van der Waals surface area contributed by atoms with Crippen molar-refractivity contribution in [2.24, 2.45) is 0 Å². The second kappa shape index (κ2) is 8.73. The smallest absolute Gasteiger partial charge is 0.333 e. The quantitative estimate of drug-likeness (QED) is 0.804. The molecule has 0 aliphatic carbocycles. The van der Waals surface area contributed by atoms with Crippen LogP contribution in [0.3, 0.4) is 0 Å². The number of amides is 4. The van der Waals surface area contributed by atoms with Gasteiger partial charge < -0.3 is 15.1 Å². The van der Waals surface area contributed by atoms with Gasteiger partial charge in [-0.25, -0.2) is 19.2 Å². The molecular formula is C22H24FN5O3. The zero-order valence-corrected chi connectivity index (χ0v) is 17.2. The maximum atomic E-state index is 13.2. The Labute approximate surface area is 179 Å². The summed E-state index contributed by atoms with van der Waals surface area (Å²) in [4.78, 5) is 41.3. The molecule has 1 atom stereocenters. The van der Waals surface area contributed by atoms with E-state index in [0.717, 1.165) is 11.1 Å². The standard InChI is InChI=1S/C22H24FN5O3/c1-25-14-21(30)27-15-20(29)26(12-17-7-9-18(23)10-8-17)13-19(27)28(25)22(31)24-11-16-5-3-2-4-6-16/h2-10,19H,11-15H2,1H3,(H,24,31)/t19-/m0/s1. The van der Waals surface area contributed by atoms with E-state index in [1.54, 1.807) is 29.1 Å². The van der Waals surface area contributed by atoms with Crippen molar-refractivity contribution in [2.45, 2.75) is 19.3 Å². The zero-order valence-electron chi connectivity index (χ0n) is 17.2. The van der Waals surface area contributed by atoms with Crippen LogP contribution in [0.1, 0.15) is 11.1 Å². The van der Waals surface area contributed by atoms with Gasteiger partial charge in [0.05, 0.1) is 13.1 Å². The van der Waals surface area contributed by atoms with Crippen molar-refractivity contribution in [3.63, 3.8) is 0 Å². The average molecular weight is 425 g/mol. The van der Waals surface area contributed by atoms with Crippen LogP contribution in [0.4, 0.5) is 9.18 Å². The summed E-state index contributed by atoms with van der Waals surface area (Å²) in [6.45, 7) is 0.719. The SMILES string of the molecule is CN1CC(=O)N2CC(=O)N(Cc3ccc(F)cc3)C[C@@H]2N1C(=O)NCc1ccccc1. The number of halogens is 1. The summed E-state index contributed by atoms with van der Waals surface area (Å²) in [6.07, 6.45) is -0.611. The highest BCUT2D eigenvalue weighted by Crippen LogP contribution is 2.23. The van der Waals surface area contributed by atoms with Gasteiger partial charge in [-0.15, -0.1) is 0 Å². The maximum Gasteiger partial charge on any atom is 0.334 e. The van der Waals surface area contributed by atoms with Gasteiger partial charge >= 0.3 is 6.03 Å². The first-order valence-corrected chi connectivity index (χ1v) is 10.1. The third-order valence-electron chi connectivity index (χ3n) is 5.52. The molecule has 2 aliphatic heterocycles. The first kappa shape index (κ1) is 20.8. The van der Waals surface area contributed by atoms with Crippen molar-refractivity contribution in [1.29, 1.82) is 0 Å². The lowest BCUT2D eigenvalue weighted by Gasteiger charge is -2.51. The number of urea groups is 1. The number of rotatable bonds is 4. The number of hydrazine groups is 1. The van der Waals surface area contributed by atoms with Crippen LogP contribution < -0.4 is 5.32 Å². The second-order valence-corrected chi connectivity index (χ2v) is 7.71. The lowest BCUT2D eigenvalue weighted by molar-refractivity contribution is -0.178. The Morgan fingerprint density at radius 3 is 2.42 bits per heavy atom. The van der Waals surface area contributed by atoms with Gasteiger partial charge in [-0.05, 0) is 23.3 Å². The number of hydrogen-bond acceptors (Lipinski definition) is 4. The van der Waals surface area contributed by atoms with Crippen molar-refractivity contribution in [1.82, 2.24) is 25.1 Å². The highest BCUT2D eigenvalue weighted by atomic mass is 19.1. The van der Waals surface area contributed by atoms with E-state index < -0.39 is 6.17 Å². The molecule has 2 heterocycles. The van der Waals surface area contributed by atoms with E-state index in [2.05, 4.69) is 5.32 Å². The normalized spacial score (nSPS) is 19.4. The van der Waals surface area contributed by atoms with Crippen molar-refractivity contribution in [2.75, 3.05) is 26.7 Å². The number of benzene rings is 2.